The van der Waals surface area contributed by atoms with Gasteiger partial charge < -0.3 is 4.90 Å². The molecule has 1 aliphatic heterocycles. The third kappa shape index (κ3) is 4.14. The van der Waals surface area contributed by atoms with Gasteiger partial charge in [-0.05, 0) is 50.3 Å². The van der Waals surface area contributed by atoms with E-state index >= 15 is 0 Å². The van der Waals surface area contributed by atoms with Crippen LogP contribution < -0.4 is 10.2 Å². The van der Waals surface area contributed by atoms with Crippen LogP contribution in [-0.4, -0.2) is 33.3 Å². The summed E-state index contributed by atoms with van der Waals surface area (Å²) in [5.41, 5.74) is 5.04. The Hall–Kier alpha value is -3.13. The molecule has 164 valence electrons. The van der Waals surface area contributed by atoms with Crippen LogP contribution in [0.15, 0.2) is 36.0 Å². The molecule has 1 N–H and O–H groups in total. The molecule has 32 heavy (non-hydrogen) atoms. The fourth-order valence-electron chi connectivity index (χ4n) is 4.51. The molecule has 0 unspecified atom stereocenters. The van der Waals surface area contributed by atoms with E-state index in [2.05, 4.69) is 32.4 Å². The Balaban J connectivity index is 1.33. The maximum atomic E-state index is 13.0. The van der Waals surface area contributed by atoms with Gasteiger partial charge in [0.2, 0.25) is 5.91 Å². The Kier molecular flexibility index (Phi) is 5.70. The molecule has 3 heterocycles. The minimum Gasteiger partial charge on any atom is -0.312 e. The fourth-order valence-corrected chi connectivity index (χ4v) is 5.23. The van der Waals surface area contributed by atoms with Crippen molar-refractivity contribution in [3.8, 4) is 11.3 Å². The average Bonchev–Trinajstić information content (AvgIpc) is 3.51. The van der Waals surface area contributed by atoms with Crippen LogP contribution in [0.25, 0.3) is 11.3 Å². The molecular weight excluding hydrogens is 422 g/mol. The SMILES string of the molecule is Cc1cnc(C(=O)Nc2nc(-c3ccc4c(c3)CCCN4C(=O)C3CCCC3)cs2)cn1. The van der Waals surface area contributed by atoms with Crippen LogP contribution in [0.2, 0.25) is 0 Å². The lowest BCUT2D eigenvalue weighted by molar-refractivity contribution is -0.122. The highest BCUT2D eigenvalue weighted by atomic mass is 32.1. The number of fused-ring (bicyclic) bond motifs is 1. The number of carbonyl (C=O) groups is 2. The third-order valence-electron chi connectivity index (χ3n) is 6.20. The quantitative estimate of drug-likeness (QED) is 0.630. The number of hydrogen-bond donors (Lipinski definition) is 1. The monoisotopic (exact) mass is 447 g/mol. The van der Waals surface area contributed by atoms with Crippen molar-refractivity contribution in [2.24, 2.45) is 5.92 Å². The topological polar surface area (TPSA) is 88.1 Å². The molecule has 0 bridgehead atoms. The lowest BCUT2D eigenvalue weighted by Crippen LogP contribution is -2.39. The van der Waals surface area contributed by atoms with E-state index in [9.17, 15) is 9.59 Å². The summed E-state index contributed by atoms with van der Waals surface area (Å²) >= 11 is 1.37. The molecule has 1 aromatic carbocycles. The van der Waals surface area contributed by atoms with E-state index in [0.29, 0.717) is 5.13 Å². The van der Waals surface area contributed by atoms with Gasteiger partial charge >= 0.3 is 0 Å². The van der Waals surface area contributed by atoms with Crippen molar-refractivity contribution in [2.45, 2.75) is 45.4 Å². The summed E-state index contributed by atoms with van der Waals surface area (Å²) in [7, 11) is 0. The molecule has 2 aromatic heterocycles. The lowest BCUT2D eigenvalue weighted by atomic mass is 9.96. The van der Waals surface area contributed by atoms with E-state index in [1.54, 1.807) is 6.20 Å². The zero-order valence-electron chi connectivity index (χ0n) is 18.0. The Bertz CT molecular complexity index is 1150. The number of rotatable bonds is 4. The highest BCUT2D eigenvalue weighted by molar-refractivity contribution is 7.14. The van der Waals surface area contributed by atoms with Gasteiger partial charge in [0.25, 0.3) is 5.91 Å². The maximum Gasteiger partial charge on any atom is 0.277 e. The Morgan fingerprint density at radius 1 is 1.12 bits per heavy atom. The molecule has 1 aliphatic carbocycles. The number of anilines is 2. The highest BCUT2D eigenvalue weighted by Crippen LogP contribution is 2.35. The van der Waals surface area contributed by atoms with E-state index in [-0.39, 0.29) is 23.4 Å². The fraction of sp³-hybridized carbons (Fsp3) is 0.375. The zero-order valence-corrected chi connectivity index (χ0v) is 18.8. The minimum absolute atomic E-state index is 0.184. The van der Waals surface area contributed by atoms with Crippen molar-refractivity contribution >= 4 is 34.0 Å². The van der Waals surface area contributed by atoms with Gasteiger partial charge in [-0.1, -0.05) is 18.9 Å². The number of aromatic nitrogens is 3. The van der Waals surface area contributed by atoms with Crippen molar-refractivity contribution in [2.75, 3.05) is 16.8 Å². The molecule has 0 spiro atoms. The van der Waals surface area contributed by atoms with E-state index in [1.165, 1.54) is 23.1 Å². The molecule has 5 rings (SSSR count). The summed E-state index contributed by atoms with van der Waals surface area (Å²) in [5.74, 6) is 0.141. The maximum absolute atomic E-state index is 13.0. The van der Waals surface area contributed by atoms with E-state index in [0.717, 1.165) is 67.7 Å². The lowest BCUT2D eigenvalue weighted by Gasteiger charge is -2.31. The number of amides is 2. The number of benzene rings is 1. The predicted molar refractivity (Wildman–Crippen MR) is 125 cm³/mol. The number of hydrogen-bond acceptors (Lipinski definition) is 6. The summed E-state index contributed by atoms with van der Waals surface area (Å²) in [4.78, 5) is 40.2. The van der Waals surface area contributed by atoms with E-state index in [1.807, 2.05) is 23.3 Å². The van der Waals surface area contributed by atoms with Crippen LogP contribution in [0.5, 0.6) is 0 Å². The number of thiazole rings is 1. The largest absolute Gasteiger partial charge is 0.312 e. The van der Waals surface area contributed by atoms with Crippen molar-refractivity contribution in [3.05, 3.63) is 52.9 Å². The first-order valence-corrected chi connectivity index (χ1v) is 12.0. The number of carbonyl (C=O) groups excluding carboxylic acids is 2. The third-order valence-corrected chi connectivity index (χ3v) is 6.96. The van der Waals surface area contributed by atoms with Gasteiger partial charge in [0.05, 0.1) is 17.6 Å². The Morgan fingerprint density at radius 2 is 1.97 bits per heavy atom. The molecular formula is C24H25N5O2S. The molecule has 2 aliphatic rings. The second-order valence-corrected chi connectivity index (χ2v) is 9.31. The van der Waals surface area contributed by atoms with Crippen LogP contribution in [0, 0.1) is 12.8 Å². The number of aryl methyl sites for hydroxylation is 2. The van der Waals surface area contributed by atoms with Gasteiger partial charge in [0.15, 0.2) is 5.13 Å². The first-order valence-electron chi connectivity index (χ1n) is 11.1. The molecule has 7 nitrogen and oxygen atoms in total. The van der Waals surface area contributed by atoms with Crippen molar-refractivity contribution in [1.29, 1.82) is 0 Å². The summed E-state index contributed by atoms with van der Waals surface area (Å²) in [6, 6.07) is 6.21. The first kappa shape index (κ1) is 20.8. The van der Waals surface area contributed by atoms with Crippen LogP contribution in [-0.2, 0) is 11.2 Å². The summed E-state index contributed by atoms with van der Waals surface area (Å²) in [6.45, 7) is 2.63. The van der Waals surface area contributed by atoms with Crippen LogP contribution in [0.1, 0.15) is 53.8 Å². The van der Waals surface area contributed by atoms with Gasteiger partial charge in [-0.3, -0.25) is 19.9 Å². The highest BCUT2D eigenvalue weighted by Gasteiger charge is 2.30. The zero-order chi connectivity index (χ0) is 22.1. The predicted octanol–water partition coefficient (Wildman–Crippen LogP) is 4.63. The van der Waals surface area contributed by atoms with Gasteiger partial charge in [0.1, 0.15) is 5.69 Å². The summed E-state index contributed by atoms with van der Waals surface area (Å²) in [5, 5.41) is 5.25. The van der Waals surface area contributed by atoms with Crippen LogP contribution in [0.3, 0.4) is 0 Å². The van der Waals surface area contributed by atoms with Crippen LogP contribution >= 0.6 is 11.3 Å². The van der Waals surface area contributed by atoms with Crippen molar-refractivity contribution in [3.63, 3.8) is 0 Å². The second-order valence-electron chi connectivity index (χ2n) is 8.45. The molecule has 0 saturated heterocycles. The minimum atomic E-state index is -0.329. The van der Waals surface area contributed by atoms with E-state index < -0.39 is 0 Å². The Morgan fingerprint density at radius 3 is 2.75 bits per heavy atom. The van der Waals surface area contributed by atoms with Gasteiger partial charge in [-0.15, -0.1) is 11.3 Å². The number of nitrogens with zero attached hydrogens (tertiary/aromatic N) is 4. The summed E-state index contributed by atoms with van der Waals surface area (Å²) in [6.07, 6.45) is 9.32. The second kappa shape index (κ2) is 8.78. The van der Waals surface area contributed by atoms with Crippen molar-refractivity contribution < 1.29 is 9.59 Å². The molecule has 2 amide bonds. The molecule has 3 aromatic rings. The molecule has 1 saturated carbocycles. The molecule has 1 fully saturated rings. The van der Waals surface area contributed by atoms with E-state index in [4.69, 9.17) is 0 Å². The molecule has 0 atom stereocenters. The first-order chi connectivity index (χ1) is 15.6. The number of nitrogens with one attached hydrogen (secondary N) is 1. The Labute approximate surface area is 190 Å². The molecule has 0 radical (unpaired) electrons. The van der Waals surface area contributed by atoms with Crippen LogP contribution in [0.4, 0.5) is 10.8 Å². The van der Waals surface area contributed by atoms with Crippen molar-refractivity contribution in [1.82, 2.24) is 15.0 Å². The van der Waals surface area contributed by atoms with Gasteiger partial charge in [-0.2, -0.15) is 0 Å². The summed E-state index contributed by atoms with van der Waals surface area (Å²) < 4.78 is 0. The smallest absolute Gasteiger partial charge is 0.277 e. The van der Waals surface area contributed by atoms with Gasteiger partial charge in [0, 0.05) is 35.3 Å². The standard InChI is InChI=1S/C24H25N5O2S/c1-15-12-26-19(13-25-15)22(30)28-24-27-20(14-32-24)17-8-9-21-18(11-17)7-4-10-29(21)23(31)16-5-2-3-6-16/h8-9,11-14,16H,2-7,10H2,1H3,(H,27,28,30). The average molecular weight is 448 g/mol. The van der Waals surface area contributed by atoms with Gasteiger partial charge in [-0.25, -0.2) is 9.97 Å². The normalized spacial score (nSPS) is 16.1. The molecule has 8 heteroatoms.